The number of nitrogens with one attached hydrogen (secondary N) is 1. The van der Waals surface area contributed by atoms with Gasteiger partial charge in [-0.1, -0.05) is 12.1 Å². The summed E-state index contributed by atoms with van der Waals surface area (Å²) in [6.45, 7) is 1.03. The molecule has 1 aromatic heterocycles. The first-order valence-corrected chi connectivity index (χ1v) is 6.95. The van der Waals surface area contributed by atoms with E-state index in [1.807, 2.05) is 25.2 Å². The van der Waals surface area contributed by atoms with Gasteiger partial charge in [0.15, 0.2) is 0 Å². The number of thiazole rings is 1. The lowest BCUT2D eigenvalue weighted by Crippen LogP contribution is -2.08. The third-order valence-corrected chi connectivity index (χ3v) is 3.67. The van der Waals surface area contributed by atoms with Crippen molar-refractivity contribution < 1.29 is 4.74 Å². The molecule has 2 rings (SSSR count). The lowest BCUT2D eigenvalue weighted by molar-refractivity contribution is 0.415. The molecule has 0 bridgehead atoms. The number of hydrogen-bond acceptors (Lipinski definition) is 4. The molecule has 0 saturated carbocycles. The predicted octanol–water partition coefficient (Wildman–Crippen LogP) is 2.97. The molecule has 2 aromatic rings. The van der Waals surface area contributed by atoms with E-state index in [-0.39, 0.29) is 0 Å². The maximum atomic E-state index is 5.23. The summed E-state index contributed by atoms with van der Waals surface area (Å²) in [4.78, 5) is 4.66. The van der Waals surface area contributed by atoms with Crippen molar-refractivity contribution >= 4 is 11.3 Å². The Kier molecular flexibility index (Phi) is 4.73. The molecule has 0 amide bonds. The molecule has 0 fully saturated rings. The quantitative estimate of drug-likeness (QED) is 0.813. The Morgan fingerprint density at radius 3 is 3.06 bits per heavy atom. The van der Waals surface area contributed by atoms with Gasteiger partial charge in [0.1, 0.15) is 10.8 Å². The van der Waals surface area contributed by atoms with E-state index in [0.29, 0.717) is 0 Å². The van der Waals surface area contributed by atoms with E-state index in [1.165, 1.54) is 5.69 Å². The molecular weight excluding hydrogens is 244 g/mol. The van der Waals surface area contributed by atoms with Crippen LogP contribution in [0.25, 0.3) is 10.6 Å². The first-order chi connectivity index (χ1) is 8.83. The zero-order chi connectivity index (χ0) is 12.8. The molecule has 0 spiro atoms. The lowest BCUT2D eigenvalue weighted by atomic mass is 10.2. The first-order valence-electron chi connectivity index (χ1n) is 6.07. The number of rotatable bonds is 6. The molecule has 0 atom stereocenters. The summed E-state index contributed by atoms with van der Waals surface area (Å²) in [6.07, 6.45) is 2.15. The van der Waals surface area contributed by atoms with Gasteiger partial charge >= 0.3 is 0 Å². The van der Waals surface area contributed by atoms with Crippen molar-refractivity contribution in [2.75, 3.05) is 20.7 Å². The van der Waals surface area contributed by atoms with Gasteiger partial charge in [-0.05, 0) is 38.6 Å². The number of nitrogens with zero attached hydrogens (tertiary/aromatic N) is 1. The first kappa shape index (κ1) is 13.1. The molecule has 0 aliphatic rings. The molecule has 0 saturated heterocycles. The number of methoxy groups -OCH3 is 1. The zero-order valence-electron chi connectivity index (χ0n) is 10.8. The Bertz CT molecular complexity index is 496. The van der Waals surface area contributed by atoms with Crippen LogP contribution in [0.5, 0.6) is 5.75 Å². The largest absolute Gasteiger partial charge is 0.497 e. The van der Waals surface area contributed by atoms with Gasteiger partial charge in [-0.25, -0.2) is 4.98 Å². The fraction of sp³-hybridized carbons (Fsp3) is 0.357. The summed E-state index contributed by atoms with van der Waals surface area (Å²) < 4.78 is 5.23. The van der Waals surface area contributed by atoms with Crippen LogP contribution in [-0.4, -0.2) is 25.7 Å². The number of ether oxygens (including phenoxy) is 1. The van der Waals surface area contributed by atoms with Crippen LogP contribution in [0.1, 0.15) is 12.1 Å². The van der Waals surface area contributed by atoms with Crippen LogP contribution in [0.15, 0.2) is 29.6 Å². The van der Waals surface area contributed by atoms with Gasteiger partial charge in [-0.15, -0.1) is 11.3 Å². The van der Waals surface area contributed by atoms with Gasteiger partial charge in [-0.3, -0.25) is 0 Å². The maximum absolute atomic E-state index is 5.23. The minimum Gasteiger partial charge on any atom is -0.497 e. The Labute approximate surface area is 112 Å². The van der Waals surface area contributed by atoms with Gasteiger partial charge in [-0.2, -0.15) is 0 Å². The van der Waals surface area contributed by atoms with Crippen LogP contribution in [0, 0.1) is 0 Å². The van der Waals surface area contributed by atoms with Crippen LogP contribution >= 0.6 is 11.3 Å². The second-order valence-corrected chi connectivity index (χ2v) is 4.94. The highest BCUT2D eigenvalue weighted by molar-refractivity contribution is 7.13. The van der Waals surface area contributed by atoms with Crippen molar-refractivity contribution in [1.29, 1.82) is 0 Å². The van der Waals surface area contributed by atoms with E-state index in [9.17, 15) is 0 Å². The molecule has 0 unspecified atom stereocenters. The molecule has 3 nitrogen and oxygen atoms in total. The number of hydrogen-bond donors (Lipinski definition) is 1. The second kappa shape index (κ2) is 6.52. The topological polar surface area (TPSA) is 34.1 Å². The predicted molar refractivity (Wildman–Crippen MR) is 76.3 cm³/mol. The summed E-state index contributed by atoms with van der Waals surface area (Å²) in [7, 11) is 3.66. The molecule has 0 radical (unpaired) electrons. The van der Waals surface area contributed by atoms with Crippen LogP contribution < -0.4 is 10.1 Å². The second-order valence-electron chi connectivity index (χ2n) is 4.08. The molecule has 96 valence electrons. The molecule has 18 heavy (non-hydrogen) atoms. The Hall–Kier alpha value is -1.39. The summed E-state index contributed by atoms with van der Waals surface area (Å²) in [5, 5.41) is 6.36. The SMILES string of the molecule is CNCCCc1csc(-c2cccc(OC)c2)n1. The molecule has 1 aromatic carbocycles. The van der Waals surface area contributed by atoms with E-state index < -0.39 is 0 Å². The molecule has 1 heterocycles. The Balaban J connectivity index is 2.08. The van der Waals surface area contributed by atoms with Crippen LogP contribution in [0.4, 0.5) is 0 Å². The Morgan fingerprint density at radius 1 is 1.39 bits per heavy atom. The zero-order valence-corrected chi connectivity index (χ0v) is 11.6. The van der Waals surface area contributed by atoms with Gasteiger partial charge in [0.05, 0.1) is 12.8 Å². The van der Waals surface area contributed by atoms with E-state index in [1.54, 1.807) is 18.4 Å². The fourth-order valence-electron chi connectivity index (χ4n) is 1.76. The summed E-state index contributed by atoms with van der Waals surface area (Å²) >= 11 is 1.69. The smallest absolute Gasteiger partial charge is 0.123 e. The van der Waals surface area contributed by atoms with E-state index >= 15 is 0 Å². The third kappa shape index (κ3) is 3.31. The van der Waals surface area contributed by atoms with Gasteiger partial charge in [0.25, 0.3) is 0 Å². The fourth-order valence-corrected chi connectivity index (χ4v) is 2.61. The Morgan fingerprint density at radius 2 is 2.28 bits per heavy atom. The molecule has 0 aliphatic carbocycles. The maximum Gasteiger partial charge on any atom is 0.123 e. The highest BCUT2D eigenvalue weighted by Gasteiger charge is 2.05. The van der Waals surface area contributed by atoms with Crippen LogP contribution in [0.2, 0.25) is 0 Å². The van der Waals surface area contributed by atoms with Crippen LogP contribution in [-0.2, 0) is 6.42 Å². The van der Waals surface area contributed by atoms with Crippen molar-refractivity contribution in [2.24, 2.45) is 0 Å². The van der Waals surface area contributed by atoms with Gasteiger partial charge in [0, 0.05) is 10.9 Å². The van der Waals surface area contributed by atoms with Crippen molar-refractivity contribution in [3.8, 4) is 16.3 Å². The minimum absolute atomic E-state index is 0.874. The van der Waals surface area contributed by atoms with Crippen molar-refractivity contribution in [2.45, 2.75) is 12.8 Å². The van der Waals surface area contributed by atoms with E-state index in [4.69, 9.17) is 4.74 Å². The van der Waals surface area contributed by atoms with E-state index in [2.05, 4.69) is 21.7 Å². The highest BCUT2D eigenvalue weighted by Crippen LogP contribution is 2.27. The summed E-state index contributed by atoms with van der Waals surface area (Å²) in [6, 6.07) is 8.04. The monoisotopic (exact) mass is 262 g/mol. The van der Waals surface area contributed by atoms with Crippen molar-refractivity contribution in [1.82, 2.24) is 10.3 Å². The standard InChI is InChI=1S/C14H18N2OS/c1-15-8-4-6-12-10-18-14(16-12)11-5-3-7-13(9-11)17-2/h3,5,7,9-10,15H,4,6,8H2,1-2H3. The number of benzene rings is 1. The van der Waals surface area contributed by atoms with Crippen molar-refractivity contribution in [3.63, 3.8) is 0 Å². The number of aryl methyl sites for hydroxylation is 1. The molecule has 0 aliphatic heterocycles. The van der Waals surface area contributed by atoms with Crippen LogP contribution in [0.3, 0.4) is 0 Å². The third-order valence-electron chi connectivity index (χ3n) is 2.73. The van der Waals surface area contributed by atoms with E-state index in [0.717, 1.165) is 35.7 Å². The van der Waals surface area contributed by atoms with Gasteiger partial charge < -0.3 is 10.1 Å². The molecular formula is C14H18N2OS. The highest BCUT2D eigenvalue weighted by atomic mass is 32.1. The lowest BCUT2D eigenvalue weighted by Gasteiger charge is -2.01. The molecule has 4 heteroatoms. The minimum atomic E-state index is 0.874. The summed E-state index contributed by atoms with van der Waals surface area (Å²) in [5.41, 5.74) is 2.30. The van der Waals surface area contributed by atoms with Crippen molar-refractivity contribution in [3.05, 3.63) is 35.3 Å². The normalized spacial score (nSPS) is 10.6. The summed E-state index contributed by atoms with van der Waals surface area (Å²) in [5.74, 6) is 0.874. The average molecular weight is 262 g/mol. The average Bonchev–Trinajstić information content (AvgIpc) is 2.88. The van der Waals surface area contributed by atoms with Gasteiger partial charge in [0.2, 0.25) is 0 Å². The molecule has 1 N–H and O–H groups in total. The number of aromatic nitrogens is 1.